The molecule has 0 aliphatic heterocycles. The van der Waals surface area contributed by atoms with Crippen LogP contribution in [0.25, 0.3) is 0 Å². The minimum atomic E-state index is -4.14. The lowest BCUT2D eigenvalue weighted by molar-refractivity contribution is 0.108. The molecule has 0 aliphatic rings. The molecule has 0 bridgehead atoms. The summed E-state index contributed by atoms with van der Waals surface area (Å²) in [5.41, 5.74) is -0.281. The highest BCUT2D eigenvalue weighted by molar-refractivity contribution is 9.10. The van der Waals surface area contributed by atoms with Gasteiger partial charge in [0.05, 0.1) is 4.47 Å². The van der Waals surface area contributed by atoms with Crippen LogP contribution in [-0.4, -0.2) is 13.7 Å². The maximum atomic E-state index is 13.1. The maximum Gasteiger partial charge on any atom is 0.262 e. The third kappa shape index (κ3) is 2.90. The molecule has 0 aromatic heterocycles. The van der Waals surface area contributed by atoms with E-state index in [-0.39, 0.29) is 10.0 Å². The second kappa shape index (κ2) is 4.37. The first-order valence-corrected chi connectivity index (χ1v) is 6.85. The van der Waals surface area contributed by atoms with Crippen molar-refractivity contribution in [2.75, 3.05) is 0 Å². The number of hydrogen-bond donors (Lipinski definition) is 0. The van der Waals surface area contributed by atoms with Gasteiger partial charge in [-0.05, 0) is 39.7 Å². The largest absolute Gasteiger partial charge is 0.276 e. The minimum absolute atomic E-state index is 0.281. The van der Waals surface area contributed by atoms with Gasteiger partial charge in [-0.1, -0.05) is 0 Å². The Morgan fingerprint density at radius 1 is 1.40 bits per heavy atom. The smallest absolute Gasteiger partial charge is 0.262 e. The predicted molar refractivity (Wildman–Crippen MR) is 57.3 cm³/mol. The summed E-state index contributed by atoms with van der Waals surface area (Å²) in [6.45, 7) is 0. The Labute approximate surface area is 103 Å². The Morgan fingerprint density at radius 3 is 2.33 bits per heavy atom. The molecule has 0 saturated carbocycles. The fourth-order valence-electron chi connectivity index (χ4n) is 0.855. The summed E-state index contributed by atoms with van der Waals surface area (Å²) in [4.78, 5) is 10.2. The van der Waals surface area contributed by atoms with Crippen molar-refractivity contribution in [1.29, 1.82) is 0 Å². The van der Waals surface area contributed by atoms with E-state index in [0.29, 0.717) is 0 Å². The fraction of sp³-hybridized carbons (Fsp3) is 0. The number of rotatable bonds is 2. The van der Waals surface area contributed by atoms with Crippen molar-refractivity contribution in [2.45, 2.75) is 4.90 Å². The first-order chi connectivity index (χ1) is 6.73. The van der Waals surface area contributed by atoms with E-state index in [9.17, 15) is 17.6 Å². The van der Waals surface area contributed by atoms with Crippen LogP contribution in [0.4, 0.5) is 4.39 Å². The highest BCUT2D eigenvalue weighted by Crippen LogP contribution is 2.29. The summed E-state index contributed by atoms with van der Waals surface area (Å²) in [6.07, 6.45) is 0. The molecule has 8 heteroatoms. The molecule has 0 amide bonds. The lowest BCUT2D eigenvalue weighted by atomic mass is 10.2. The lowest BCUT2D eigenvalue weighted by Gasteiger charge is -2.03. The Hall–Kier alpha value is -0.170. The van der Waals surface area contributed by atoms with E-state index >= 15 is 0 Å². The molecule has 0 aliphatic carbocycles. The Kier molecular flexibility index (Phi) is 3.76. The zero-order chi connectivity index (χ0) is 11.8. The van der Waals surface area contributed by atoms with Crippen LogP contribution in [0, 0.1) is 5.82 Å². The number of carbonyl (C=O) groups is 1. The number of carbonyl (C=O) groups excluding carboxylic acids is 1. The molecule has 1 rings (SSSR count). The minimum Gasteiger partial charge on any atom is -0.276 e. The van der Waals surface area contributed by atoms with E-state index in [1.54, 1.807) is 0 Å². The molecule has 0 atom stereocenters. The molecule has 82 valence electrons. The maximum absolute atomic E-state index is 13.1. The van der Waals surface area contributed by atoms with Crippen LogP contribution in [0.2, 0.25) is 0 Å². The molecule has 0 saturated heterocycles. The average Bonchev–Trinajstić information content (AvgIpc) is 2.06. The summed E-state index contributed by atoms with van der Waals surface area (Å²) in [5, 5.41) is -0.969. The SMILES string of the molecule is O=C(Cl)c1cc(F)c(Br)c(S(=O)(=O)Cl)c1. The topological polar surface area (TPSA) is 51.2 Å². The van der Waals surface area contributed by atoms with Crippen LogP contribution in [0.1, 0.15) is 10.4 Å². The van der Waals surface area contributed by atoms with E-state index in [0.717, 1.165) is 12.1 Å². The van der Waals surface area contributed by atoms with E-state index in [1.807, 2.05) is 0 Å². The summed E-state index contributed by atoms with van der Waals surface area (Å²) in [7, 11) is 0.896. The molecular formula is C7H2BrCl2FO3S. The molecule has 0 unspecified atom stereocenters. The van der Waals surface area contributed by atoms with Crippen molar-refractivity contribution < 1.29 is 17.6 Å². The molecule has 1 aromatic rings. The molecule has 0 radical (unpaired) electrons. The Bertz CT molecular complexity index is 529. The molecule has 0 heterocycles. The molecule has 0 N–H and O–H groups in total. The van der Waals surface area contributed by atoms with Gasteiger partial charge in [0.25, 0.3) is 14.3 Å². The van der Waals surface area contributed by atoms with Crippen molar-refractivity contribution in [3.8, 4) is 0 Å². The van der Waals surface area contributed by atoms with E-state index in [1.165, 1.54) is 0 Å². The van der Waals surface area contributed by atoms with Crippen molar-refractivity contribution in [3.63, 3.8) is 0 Å². The third-order valence-corrected chi connectivity index (χ3v) is 4.12. The van der Waals surface area contributed by atoms with E-state index in [2.05, 4.69) is 15.9 Å². The molecule has 1 aromatic carbocycles. The highest BCUT2D eigenvalue weighted by atomic mass is 79.9. The molecular weight excluding hydrogens is 334 g/mol. The molecule has 15 heavy (non-hydrogen) atoms. The van der Waals surface area contributed by atoms with Gasteiger partial charge in [0.1, 0.15) is 10.7 Å². The van der Waals surface area contributed by atoms with Gasteiger partial charge in [0, 0.05) is 16.2 Å². The predicted octanol–water partition coefficient (Wildman–Crippen LogP) is 2.89. The van der Waals surface area contributed by atoms with Crippen LogP contribution < -0.4 is 0 Å². The third-order valence-electron chi connectivity index (χ3n) is 1.48. The monoisotopic (exact) mass is 334 g/mol. The second-order valence-corrected chi connectivity index (χ2v) is 6.15. The summed E-state index contributed by atoms with van der Waals surface area (Å²) in [5.74, 6) is -0.930. The summed E-state index contributed by atoms with van der Waals surface area (Å²) < 4.78 is 34.8. The lowest BCUT2D eigenvalue weighted by Crippen LogP contribution is -1.99. The quantitative estimate of drug-likeness (QED) is 0.781. The Balaban J connectivity index is 3.59. The first kappa shape index (κ1) is 12.9. The number of benzene rings is 1. The number of hydrogen-bond acceptors (Lipinski definition) is 3. The Morgan fingerprint density at radius 2 is 1.93 bits per heavy atom. The average molecular weight is 336 g/mol. The van der Waals surface area contributed by atoms with E-state index < -0.39 is 25.0 Å². The van der Waals surface area contributed by atoms with Gasteiger partial charge in [-0.15, -0.1) is 0 Å². The molecule has 0 fully saturated rings. The van der Waals surface area contributed by atoms with Gasteiger partial charge >= 0.3 is 0 Å². The highest BCUT2D eigenvalue weighted by Gasteiger charge is 2.20. The van der Waals surface area contributed by atoms with Gasteiger partial charge in [-0.3, -0.25) is 4.79 Å². The molecule has 3 nitrogen and oxygen atoms in total. The van der Waals surface area contributed by atoms with Gasteiger partial charge < -0.3 is 0 Å². The summed E-state index contributed by atoms with van der Waals surface area (Å²) >= 11 is 7.80. The second-order valence-electron chi connectivity index (χ2n) is 2.48. The van der Waals surface area contributed by atoms with Crippen LogP contribution in [-0.2, 0) is 9.05 Å². The number of halogens is 4. The van der Waals surface area contributed by atoms with Gasteiger partial charge in [0.2, 0.25) is 0 Å². The van der Waals surface area contributed by atoms with Crippen LogP contribution in [0.15, 0.2) is 21.5 Å². The zero-order valence-electron chi connectivity index (χ0n) is 6.80. The first-order valence-electron chi connectivity index (χ1n) is 3.37. The van der Waals surface area contributed by atoms with Crippen LogP contribution in [0.3, 0.4) is 0 Å². The van der Waals surface area contributed by atoms with Crippen LogP contribution >= 0.6 is 38.2 Å². The van der Waals surface area contributed by atoms with Gasteiger partial charge in [0.15, 0.2) is 0 Å². The molecule has 0 spiro atoms. The van der Waals surface area contributed by atoms with Gasteiger partial charge in [-0.25, -0.2) is 12.8 Å². The summed E-state index contributed by atoms with van der Waals surface area (Å²) in [6, 6.07) is 1.70. The van der Waals surface area contributed by atoms with Crippen molar-refractivity contribution in [2.24, 2.45) is 0 Å². The van der Waals surface area contributed by atoms with Crippen molar-refractivity contribution >= 4 is 52.5 Å². The normalized spacial score (nSPS) is 11.5. The van der Waals surface area contributed by atoms with Gasteiger partial charge in [-0.2, -0.15) is 0 Å². The van der Waals surface area contributed by atoms with Crippen molar-refractivity contribution in [3.05, 3.63) is 28.0 Å². The van der Waals surface area contributed by atoms with Crippen LogP contribution in [0.5, 0.6) is 0 Å². The fourth-order valence-corrected chi connectivity index (χ4v) is 3.06. The van der Waals surface area contributed by atoms with E-state index in [4.69, 9.17) is 22.3 Å². The standard InChI is InChI=1S/C7H2BrCl2FO3S/c8-6-4(11)1-3(7(9)12)2-5(6)15(10,13)14/h1-2H. The zero-order valence-corrected chi connectivity index (χ0v) is 10.7. The van der Waals surface area contributed by atoms with Crippen molar-refractivity contribution in [1.82, 2.24) is 0 Å².